The fourth-order valence-electron chi connectivity index (χ4n) is 1.61. The average molecular weight is 178 g/mol. The first-order valence-electron chi connectivity index (χ1n) is 4.72. The molecule has 0 saturated heterocycles. The number of rotatable bonds is 2. The van der Waals surface area contributed by atoms with E-state index in [1.807, 2.05) is 6.92 Å². The zero-order valence-corrected chi connectivity index (χ0v) is 7.82. The molecule has 0 aromatic carbocycles. The van der Waals surface area contributed by atoms with Gasteiger partial charge in [0, 0.05) is 12.5 Å². The van der Waals surface area contributed by atoms with Crippen molar-refractivity contribution in [3.05, 3.63) is 17.2 Å². The standard InChI is InChI=1S/C9H14N4/c1-6(10)5-9-11-7-3-2-4-8(7)12-13-9/h6H,2-5,10H2,1H3. The molecule has 0 radical (unpaired) electrons. The molecular weight excluding hydrogens is 164 g/mol. The van der Waals surface area contributed by atoms with E-state index in [0.29, 0.717) is 0 Å². The van der Waals surface area contributed by atoms with Gasteiger partial charge in [0.1, 0.15) is 0 Å². The van der Waals surface area contributed by atoms with Gasteiger partial charge in [0.05, 0.1) is 11.4 Å². The fraction of sp³-hybridized carbons (Fsp3) is 0.667. The quantitative estimate of drug-likeness (QED) is 0.705. The average Bonchev–Trinajstić information content (AvgIpc) is 2.49. The van der Waals surface area contributed by atoms with Gasteiger partial charge < -0.3 is 5.73 Å². The Morgan fingerprint density at radius 2 is 2.08 bits per heavy atom. The summed E-state index contributed by atoms with van der Waals surface area (Å²) in [7, 11) is 0. The molecule has 13 heavy (non-hydrogen) atoms. The van der Waals surface area contributed by atoms with E-state index in [9.17, 15) is 0 Å². The van der Waals surface area contributed by atoms with Gasteiger partial charge in [-0.05, 0) is 26.2 Å². The third kappa shape index (κ3) is 1.83. The monoisotopic (exact) mass is 178 g/mol. The van der Waals surface area contributed by atoms with Crippen molar-refractivity contribution in [3.8, 4) is 0 Å². The van der Waals surface area contributed by atoms with Gasteiger partial charge in [-0.15, -0.1) is 5.10 Å². The maximum Gasteiger partial charge on any atom is 0.152 e. The summed E-state index contributed by atoms with van der Waals surface area (Å²) >= 11 is 0. The molecule has 70 valence electrons. The Kier molecular flexibility index (Phi) is 2.22. The number of fused-ring (bicyclic) bond motifs is 1. The molecule has 1 unspecified atom stereocenters. The van der Waals surface area contributed by atoms with E-state index in [1.54, 1.807) is 0 Å². The van der Waals surface area contributed by atoms with E-state index in [0.717, 1.165) is 36.5 Å². The van der Waals surface area contributed by atoms with Gasteiger partial charge in [-0.2, -0.15) is 5.10 Å². The van der Waals surface area contributed by atoms with Crippen LogP contribution in [0.25, 0.3) is 0 Å². The molecule has 0 saturated carbocycles. The fourth-order valence-corrected chi connectivity index (χ4v) is 1.61. The maximum absolute atomic E-state index is 5.66. The van der Waals surface area contributed by atoms with Gasteiger partial charge in [-0.25, -0.2) is 4.98 Å². The van der Waals surface area contributed by atoms with Crippen molar-refractivity contribution < 1.29 is 0 Å². The van der Waals surface area contributed by atoms with E-state index in [2.05, 4.69) is 15.2 Å². The molecule has 1 aliphatic rings. The van der Waals surface area contributed by atoms with Crippen LogP contribution in [-0.4, -0.2) is 21.2 Å². The van der Waals surface area contributed by atoms with Gasteiger partial charge in [0.15, 0.2) is 5.82 Å². The minimum Gasteiger partial charge on any atom is -0.328 e. The van der Waals surface area contributed by atoms with Gasteiger partial charge in [0.25, 0.3) is 0 Å². The molecule has 2 rings (SSSR count). The van der Waals surface area contributed by atoms with Crippen LogP contribution in [-0.2, 0) is 19.3 Å². The first-order valence-corrected chi connectivity index (χ1v) is 4.72. The lowest BCUT2D eigenvalue weighted by Crippen LogP contribution is -2.20. The lowest BCUT2D eigenvalue weighted by atomic mass is 10.2. The second-order valence-corrected chi connectivity index (χ2v) is 3.66. The molecule has 1 aromatic rings. The van der Waals surface area contributed by atoms with Crippen LogP contribution in [0.2, 0.25) is 0 Å². The molecule has 0 bridgehead atoms. The van der Waals surface area contributed by atoms with Gasteiger partial charge in [-0.1, -0.05) is 0 Å². The molecule has 4 nitrogen and oxygen atoms in total. The topological polar surface area (TPSA) is 64.7 Å². The predicted octanol–water partition coefficient (Wildman–Crippen LogP) is 0.250. The molecule has 2 N–H and O–H groups in total. The van der Waals surface area contributed by atoms with E-state index < -0.39 is 0 Å². The van der Waals surface area contributed by atoms with Crippen LogP contribution in [0.3, 0.4) is 0 Å². The summed E-state index contributed by atoms with van der Waals surface area (Å²) < 4.78 is 0. The molecule has 0 amide bonds. The molecule has 0 fully saturated rings. The van der Waals surface area contributed by atoms with E-state index >= 15 is 0 Å². The van der Waals surface area contributed by atoms with Crippen molar-refractivity contribution in [2.75, 3.05) is 0 Å². The van der Waals surface area contributed by atoms with Gasteiger partial charge in [0.2, 0.25) is 0 Å². The lowest BCUT2D eigenvalue weighted by Gasteiger charge is -2.03. The van der Waals surface area contributed by atoms with Crippen LogP contribution in [0, 0.1) is 0 Å². The van der Waals surface area contributed by atoms with Crippen molar-refractivity contribution in [2.45, 2.75) is 38.6 Å². The Hall–Kier alpha value is -1.03. The number of aryl methyl sites for hydroxylation is 2. The Morgan fingerprint density at radius 3 is 2.85 bits per heavy atom. The zero-order chi connectivity index (χ0) is 9.26. The highest BCUT2D eigenvalue weighted by atomic mass is 15.2. The minimum absolute atomic E-state index is 0.112. The SMILES string of the molecule is CC(N)Cc1nnc2c(n1)CCC2. The summed E-state index contributed by atoms with van der Waals surface area (Å²) in [5.41, 5.74) is 7.87. The van der Waals surface area contributed by atoms with Crippen molar-refractivity contribution >= 4 is 0 Å². The summed E-state index contributed by atoms with van der Waals surface area (Å²) in [5, 5.41) is 8.19. The second-order valence-electron chi connectivity index (χ2n) is 3.66. The zero-order valence-electron chi connectivity index (χ0n) is 7.82. The van der Waals surface area contributed by atoms with Gasteiger partial charge >= 0.3 is 0 Å². The minimum atomic E-state index is 0.112. The first-order chi connectivity index (χ1) is 6.25. The molecule has 1 atom stereocenters. The molecule has 1 aliphatic carbocycles. The van der Waals surface area contributed by atoms with Gasteiger partial charge in [-0.3, -0.25) is 0 Å². The number of aromatic nitrogens is 3. The highest BCUT2D eigenvalue weighted by Crippen LogP contribution is 2.16. The van der Waals surface area contributed by atoms with Crippen LogP contribution < -0.4 is 5.73 Å². The van der Waals surface area contributed by atoms with Crippen LogP contribution >= 0.6 is 0 Å². The Bertz CT molecular complexity index is 308. The lowest BCUT2D eigenvalue weighted by molar-refractivity contribution is 0.676. The van der Waals surface area contributed by atoms with Crippen LogP contribution in [0.5, 0.6) is 0 Å². The molecule has 1 aromatic heterocycles. The molecule has 0 spiro atoms. The first kappa shape index (κ1) is 8.56. The summed E-state index contributed by atoms with van der Waals surface area (Å²) in [6, 6.07) is 0.112. The van der Waals surface area contributed by atoms with Crippen LogP contribution in [0.15, 0.2) is 0 Å². The highest BCUT2D eigenvalue weighted by molar-refractivity contribution is 5.15. The summed E-state index contributed by atoms with van der Waals surface area (Å²) in [5.74, 6) is 0.788. The Balaban J connectivity index is 2.21. The maximum atomic E-state index is 5.66. The molecule has 4 heteroatoms. The molecular formula is C9H14N4. The smallest absolute Gasteiger partial charge is 0.152 e. The number of nitrogens with two attached hydrogens (primary N) is 1. The summed E-state index contributed by atoms with van der Waals surface area (Å²) in [6.07, 6.45) is 3.98. The summed E-state index contributed by atoms with van der Waals surface area (Å²) in [6.45, 7) is 1.95. The Morgan fingerprint density at radius 1 is 1.31 bits per heavy atom. The van der Waals surface area contributed by atoms with E-state index in [-0.39, 0.29) is 6.04 Å². The largest absolute Gasteiger partial charge is 0.328 e. The summed E-state index contributed by atoms with van der Waals surface area (Å²) in [4.78, 5) is 4.44. The normalized spacial score (nSPS) is 17.1. The third-order valence-corrected chi connectivity index (χ3v) is 2.21. The number of hydrogen-bond acceptors (Lipinski definition) is 4. The van der Waals surface area contributed by atoms with Crippen LogP contribution in [0.1, 0.15) is 30.6 Å². The van der Waals surface area contributed by atoms with E-state index in [1.165, 1.54) is 6.42 Å². The van der Waals surface area contributed by atoms with Crippen molar-refractivity contribution in [3.63, 3.8) is 0 Å². The predicted molar refractivity (Wildman–Crippen MR) is 49.2 cm³/mol. The van der Waals surface area contributed by atoms with E-state index in [4.69, 9.17) is 5.73 Å². The van der Waals surface area contributed by atoms with Crippen molar-refractivity contribution in [1.82, 2.24) is 15.2 Å². The third-order valence-electron chi connectivity index (χ3n) is 2.21. The number of nitrogens with zero attached hydrogens (tertiary/aromatic N) is 3. The highest BCUT2D eigenvalue weighted by Gasteiger charge is 2.15. The van der Waals surface area contributed by atoms with Crippen molar-refractivity contribution in [2.24, 2.45) is 5.73 Å². The molecule has 0 aliphatic heterocycles. The number of hydrogen-bond donors (Lipinski definition) is 1. The Labute approximate surface area is 77.6 Å². The van der Waals surface area contributed by atoms with Crippen LogP contribution in [0.4, 0.5) is 0 Å². The van der Waals surface area contributed by atoms with Crippen molar-refractivity contribution in [1.29, 1.82) is 0 Å². The molecule has 1 heterocycles. The second kappa shape index (κ2) is 3.38.